The Hall–Kier alpha value is -4.41. The van der Waals surface area contributed by atoms with Crippen LogP contribution < -0.4 is 21.7 Å². The van der Waals surface area contributed by atoms with Crippen molar-refractivity contribution in [3.8, 4) is 0 Å². The van der Waals surface area contributed by atoms with Crippen LogP contribution in [0.1, 0.15) is 53.0 Å². The highest BCUT2D eigenvalue weighted by atomic mass is 16.2. The van der Waals surface area contributed by atoms with Crippen molar-refractivity contribution in [3.05, 3.63) is 60.2 Å². The van der Waals surface area contributed by atoms with Crippen molar-refractivity contribution in [1.29, 1.82) is 0 Å². The summed E-state index contributed by atoms with van der Waals surface area (Å²) >= 11 is 0. The number of rotatable bonds is 11. The fourth-order valence-electron chi connectivity index (χ4n) is 4.57. The van der Waals surface area contributed by atoms with Gasteiger partial charge >= 0.3 is 12.1 Å². The molecule has 0 bridgehead atoms. The van der Waals surface area contributed by atoms with Crippen LogP contribution in [0.3, 0.4) is 0 Å². The lowest BCUT2D eigenvalue weighted by Gasteiger charge is -2.28. The predicted molar refractivity (Wildman–Crippen MR) is 152 cm³/mol. The van der Waals surface area contributed by atoms with Crippen LogP contribution in [0, 0.1) is 5.92 Å². The van der Waals surface area contributed by atoms with E-state index in [1.807, 2.05) is 32.0 Å². The molecule has 2 aromatic carbocycles. The molecule has 1 fully saturated rings. The number of anilines is 2. The first-order valence-corrected chi connectivity index (χ1v) is 13.3. The van der Waals surface area contributed by atoms with Crippen molar-refractivity contribution in [2.75, 3.05) is 10.6 Å². The third kappa shape index (κ3) is 7.37. The van der Waals surface area contributed by atoms with Crippen molar-refractivity contribution in [2.45, 2.75) is 71.6 Å². The van der Waals surface area contributed by atoms with Crippen LogP contribution in [-0.2, 0) is 20.9 Å². The van der Waals surface area contributed by atoms with E-state index in [1.54, 1.807) is 57.2 Å². The number of nitrogens with one attached hydrogen (secondary N) is 3. The summed E-state index contributed by atoms with van der Waals surface area (Å²) in [6.45, 7) is 8.86. The summed E-state index contributed by atoms with van der Waals surface area (Å²) in [7, 11) is 0. The lowest BCUT2D eigenvalue weighted by molar-refractivity contribution is -0.139. The Kier molecular flexibility index (Phi) is 9.51. The van der Waals surface area contributed by atoms with Crippen molar-refractivity contribution < 1.29 is 24.0 Å². The summed E-state index contributed by atoms with van der Waals surface area (Å²) in [6.07, 6.45) is 0.209. The number of urea groups is 2. The second kappa shape index (κ2) is 12.6. The van der Waals surface area contributed by atoms with Gasteiger partial charge in [0.25, 0.3) is 5.91 Å². The van der Waals surface area contributed by atoms with Crippen LogP contribution in [0.25, 0.3) is 0 Å². The van der Waals surface area contributed by atoms with E-state index < -0.39 is 47.4 Å². The predicted octanol–water partition coefficient (Wildman–Crippen LogP) is 3.67. The van der Waals surface area contributed by atoms with Gasteiger partial charge in [-0.3, -0.25) is 14.4 Å². The minimum atomic E-state index is -1.20. The van der Waals surface area contributed by atoms with Gasteiger partial charge in [0.2, 0.25) is 11.8 Å². The van der Waals surface area contributed by atoms with Gasteiger partial charge in [-0.25, -0.2) is 14.5 Å². The van der Waals surface area contributed by atoms with E-state index in [0.717, 1.165) is 10.5 Å². The lowest BCUT2D eigenvalue weighted by atomic mass is 9.99. The molecule has 3 rings (SSSR count). The molecule has 0 spiro atoms. The first-order chi connectivity index (χ1) is 18.8. The highest BCUT2D eigenvalue weighted by molar-refractivity contribution is 6.09. The highest BCUT2D eigenvalue weighted by Crippen LogP contribution is 2.33. The monoisotopic (exact) mass is 550 g/mol. The Morgan fingerprint density at radius 1 is 0.900 bits per heavy atom. The van der Waals surface area contributed by atoms with Crippen LogP contribution in [0.5, 0.6) is 0 Å². The van der Waals surface area contributed by atoms with Crippen molar-refractivity contribution in [3.63, 3.8) is 0 Å². The minimum absolute atomic E-state index is 0.0131. The van der Waals surface area contributed by atoms with Gasteiger partial charge < -0.3 is 26.6 Å². The molecule has 0 radical (unpaired) electrons. The minimum Gasteiger partial charge on any atom is -0.370 e. The Morgan fingerprint density at radius 3 is 2.02 bits per heavy atom. The fourth-order valence-corrected chi connectivity index (χ4v) is 4.57. The zero-order chi connectivity index (χ0) is 29.6. The number of carbonyl (C=O) groups excluding carboxylic acids is 5. The van der Waals surface area contributed by atoms with Crippen molar-refractivity contribution in [2.24, 2.45) is 11.7 Å². The number of hydrogen-bond acceptors (Lipinski definition) is 5. The molecule has 2 atom stereocenters. The van der Waals surface area contributed by atoms with Crippen LogP contribution in [0.2, 0.25) is 0 Å². The van der Waals surface area contributed by atoms with Crippen LogP contribution in [-0.4, -0.2) is 57.2 Å². The standard InChI is InChI=1S/C29H38N6O5/c1-18(2)15-23(25(37)31-19(3)16-24(30)36)35-26(38)29(4,5)34(28(35)40)17-20-11-13-22(14-12-20)33-27(39)32-21-9-7-6-8-10-21/h6-14,18-19,23H,15-17H2,1-5H3,(H2,30,36)(H,31,37)(H2,32,33,39)/t19-,23+/m1/s1. The number of primary amides is 1. The molecule has 0 saturated carbocycles. The molecule has 214 valence electrons. The average molecular weight is 551 g/mol. The smallest absolute Gasteiger partial charge is 0.328 e. The molecular weight excluding hydrogens is 512 g/mol. The van der Waals surface area contributed by atoms with Gasteiger partial charge in [-0.1, -0.05) is 44.2 Å². The number of amides is 7. The third-order valence-corrected chi connectivity index (χ3v) is 6.64. The number of benzene rings is 2. The van der Waals surface area contributed by atoms with Gasteiger partial charge in [-0.05, 0) is 62.9 Å². The number of hydrogen-bond donors (Lipinski definition) is 4. The molecular formula is C29H38N6O5. The zero-order valence-corrected chi connectivity index (χ0v) is 23.6. The Bertz CT molecular complexity index is 1250. The largest absolute Gasteiger partial charge is 0.370 e. The fraction of sp³-hybridized carbons (Fsp3) is 0.414. The van der Waals surface area contributed by atoms with Crippen LogP contribution in [0.15, 0.2) is 54.6 Å². The van der Waals surface area contributed by atoms with E-state index in [1.165, 1.54) is 4.90 Å². The molecule has 7 amide bonds. The molecule has 11 nitrogen and oxygen atoms in total. The quantitative estimate of drug-likeness (QED) is 0.314. The molecule has 1 aliphatic heterocycles. The average Bonchev–Trinajstić information content (AvgIpc) is 3.02. The first-order valence-electron chi connectivity index (χ1n) is 13.3. The number of imide groups is 1. The lowest BCUT2D eigenvalue weighted by Crippen LogP contribution is -2.53. The summed E-state index contributed by atoms with van der Waals surface area (Å²) in [5.74, 6) is -1.53. The molecule has 1 saturated heterocycles. The topological polar surface area (TPSA) is 154 Å². The molecule has 0 unspecified atom stereocenters. The molecule has 5 N–H and O–H groups in total. The molecule has 11 heteroatoms. The number of carbonyl (C=O) groups is 5. The normalized spacial score (nSPS) is 16.1. The van der Waals surface area contributed by atoms with Gasteiger partial charge in [0.15, 0.2) is 0 Å². The second-order valence-corrected chi connectivity index (χ2v) is 11.0. The van der Waals surface area contributed by atoms with Gasteiger partial charge in [-0.2, -0.15) is 0 Å². The maximum atomic E-state index is 13.6. The van der Waals surface area contributed by atoms with Gasteiger partial charge in [0, 0.05) is 30.4 Å². The maximum absolute atomic E-state index is 13.6. The summed E-state index contributed by atoms with van der Waals surface area (Å²) in [5, 5.41) is 8.22. The first kappa shape index (κ1) is 30.1. The SMILES string of the molecule is CC(C)C[C@@H](C(=O)N[C@H](C)CC(N)=O)N1C(=O)N(Cc2ccc(NC(=O)Nc3ccccc3)cc2)C(C)(C)C1=O. The Morgan fingerprint density at radius 2 is 1.48 bits per heavy atom. The van der Waals surface area contributed by atoms with E-state index in [0.29, 0.717) is 11.4 Å². The number of nitrogens with two attached hydrogens (primary N) is 1. The molecule has 0 aromatic heterocycles. The summed E-state index contributed by atoms with van der Waals surface area (Å²) in [5.41, 5.74) is 6.00. The molecule has 40 heavy (non-hydrogen) atoms. The van der Waals surface area contributed by atoms with Crippen molar-refractivity contribution in [1.82, 2.24) is 15.1 Å². The Balaban J connectivity index is 1.73. The highest BCUT2D eigenvalue weighted by Gasteiger charge is 2.54. The van der Waals surface area contributed by atoms with E-state index >= 15 is 0 Å². The third-order valence-electron chi connectivity index (χ3n) is 6.64. The van der Waals surface area contributed by atoms with E-state index in [4.69, 9.17) is 5.73 Å². The summed E-state index contributed by atoms with van der Waals surface area (Å²) < 4.78 is 0. The van der Waals surface area contributed by atoms with E-state index in [-0.39, 0.29) is 25.3 Å². The summed E-state index contributed by atoms with van der Waals surface area (Å²) in [4.78, 5) is 66.4. The van der Waals surface area contributed by atoms with Crippen molar-refractivity contribution >= 4 is 41.2 Å². The zero-order valence-electron chi connectivity index (χ0n) is 23.6. The van der Waals surface area contributed by atoms with Gasteiger partial charge in [0.1, 0.15) is 11.6 Å². The van der Waals surface area contributed by atoms with Crippen LogP contribution >= 0.6 is 0 Å². The molecule has 1 heterocycles. The molecule has 2 aromatic rings. The molecule has 1 aliphatic rings. The van der Waals surface area contributed by atoms with Gasteiger partial charge in [-0.15, -0.1) is 0 Å². The Labute approximate surface area is 234 Å². The number of nitrogens with zero attached hydrogens (tertiary/aromatic N) is 2. The molecule has 0 aliphatic carbocycles. The van der Waals surface area contributed by atoms with E-state index in [2.05, 4.69) is 16.0 Å². The van der Waals surface area contributed by atoms with E-state index in [9.17, 15) is 24.0 Å². The maximum Gasteiger partial charge on any atom is 0.328 e. The number of para-hydroxylation sites is 1. The second-order valence-electron chi connectivity index (χ2n) is 11.0. The van der Waals surface area contributed by atoms with Gasteiger partial charge in [0.05, 0.1) is 0 Å². The van der Waals surface area contributed by atoms with Crippen LogP contribution in [0.4, 0.5) is 21.0 Å². The summed E-state index contributed by atoms with van der Waals surface area (Å²) in [6, 6.07) is 13.5.